The molecule has 0 unspecified atom stereocenters. The molecule has 0 saturated carbocycles. The van der Waals surface area contributed by atoms with Gasteiger partial charge in [-0.1, -0.05) is 0 Å². The Labute approximate surface area is 163 Å². The second kappa shape index (κ2) is 7.55. The molecule has 7 nitrogen and oxygen atoms in total. The molecule has 0 amide bonds. The van der Waals surface area contributed by atoms with E-state index in [9.17, 15) is 13.6 Å². The number of alkyl halides is 2. The lowest BCUT2D eigenvalue weighted by Gasteiger charge is -2.11. The number of fused-ring (bicyclic) bond motifs is 1. The minimum Gasteiger partial charge on any atom is -0.457 e. The van der Waals surface area contributed by atoms with Gasteiger partial charge in [-0.25, -0.2) is 9.97 Å². The Balaban J connectivity index is 1.52. The van der Waals surface area contributed by atoms with E-state index in [0.717, 1.165) is 28.9 Å². The van der Waals surface area contributed by atoms with E-state index >= 15 is 0 Å². The molecule has 146 valence electrons. The Bertz CT molecular complexity index is 1230. The molecule has 29 heavy (non-hydrogen) atoms. The van der Waals surface area contributed by atoms with Crippen molar-refractivity contribution in [1.82, 2.24) is 14.5 Å². The van der Waals surface area contributed by atoms with E-state index in [1.54, 1.807) is 36.4 Å². The molecule has 0 aliphatic heterocycles. The van der Waals surface area contributed by atoms with Gasteiger partial charge in [0.05, 0.1) is 5.52 Å². The highest BCUT2D eigenvalue weighted by Gasteiger charge is 2.09. The van der Waals surface area contributed by atoms with E-state index in [-0.39, 0.29) is 5.75 Å². The summed E-state index contributed by atoms with van der Waals surface area (Å²) in [6, 6.07) is 14.6. The second-order valence-corrected chi connectivity index (χ2v) is 6.14. The molecule has 0 spiro atoms. The van der Waals surface area contributed by atoms with Crippen LogP contribution in [-0.2, 0) is 0 Å². The van der Waals surface area contributed by atoms with Crippen LogP contribution in [0.1, 0.15) is 6.55 Å². The number of nitrogen functional groups attached to an aromatic ring is 1. The Hall–Kier alpha value is -4.01. The molecule has 3 N–H and O–H groups in total. The first-order chi connectivity index (χ1) is 14.0. The van der Waals surface area contributed by atoms with Crippen LogP contribution in [0.5, 0.6) is 11.5 Å². The summed E-state index contributed by atoms with van der Waals surface area (Å²) in [5.74, 6) is 1.22. The van der Waals surface area contributed by atoms with Crippen molar-refractivity contribution in [1.29, 1.82) is 0 Å². The molecular weight excluding hydrogens is 380 g/mol. The Kier molecular flexibility index (Phi) is 4.78. The van der Waals surface area contributed by atoms with Crippen LogP contribution in [0.3, 0.4) is 0 Å². The summed E-state index contributed by atoms with van der Waals surface area (Å²) in [6.07, 6.45) is 2.45. The van der Waals surface area contributed by atoms with Gasteiger partial charge in [0.1, 0.15) is 23.6 Å². The molecular formula is C20H15F2N5O2. The molecule has 0 radical (unpaired) electrons. The zero-order valence-electron chi connectivity index (χ0n) is 14.9. The summed E-state index contributed by atoms with van der Waals surface area (Å²) in [7, 11) is 0. The van der Waals surface area contributed by atoms with E-state index in [2.05, 4.69) is 15.3 Å². The number of aromatic nitrogens is 3. The van der Waals surface area contributed by atoms with Crippen LogP contribution >= 0.6 is 0 Å². The topological polar surface area (TPSA) is 95.1 Å². The fourth-order valence-electron chi connectivity index (χ4n) is 2.75. The van der Waals surface area contributed by atoms with Crippen molar-refractivity contribution in [3.05, 3.63) is 77.5 Å². The standard InChI is InChI=1S/C20H15F2N5O2/c21-20(22)27-8-7-15(10-18(27)28)29-14-4-2-13(3-5-14)26-19-16-9-12(23)1-6-17(16)24-11-25-19/h1-11,20H,23H2,(H,24,25,26). The van der Waals surface area contributed by atoms with Crippen LogP contribution in [0.4, 0.5) is 26.0 Å². The maximum absolute atomic E-state index is 12.6. The molecule has 2 heterocycles. The van der Waals surface area contributed by atoms with E-state index < -0.39 is 12.1 Å². The number of hydrogen-bond donors (Lipinski definition) is 2. The fraction of sp³-hybridized carbons (Fsp3) is 0.0500. The van der Waals surface area contributed by atoms with Crippen LogP contribution in [0.2, 0.25) is 0 Å². The lowest BCUT2D eigenvalue weighted by atomic mass is 10.2. The number of pyridine rings is 1. The van der Waals surface area contributed by atoms with Gasteiger partial charge in [0.2, 0.25) is 0 Å². The molecule has 2 aromatic heterocycles. The molecule has 0 aliphatic rings. The van der Waals surface area contributed by atoms with E-state index in [1.165, 1.54) is 12.4 Å². The Morgan fingerprint density at radius 2 is 1.79 bits per heavy atom. The summed E-state index contributed by atoms with van der Waals surface area (Å²) in [5.41, 5.74) is 7.12. The monoisotopic (exact) mass is 395 g/mol. The highest BCUT2D eigenvalue weighted by molar-refractivity contribution is 5.92. The average molecular weight is 395 g/mol. The smallest absolute Gasteiger partial charge is 0.321 e. The largest absolute Gasteiger partial charge is 0.457 e. The SMILES string of the molecule is Nc1ccc2ncnc(Nc3ccc(Oc4ccn(C(F)F)c(=O)c4)cc3)c2c1. The molecule has 0 saturated heterocycles. The molecule has 0 aliphatic carbocycles. The summed E-state index contributed by atoms with van der Waals surface area (Å²) >= 11 is 0. The molecule has 0 atom stereocenters. The molecule has 0 fully saturated rings. The van der Waals surface area contributed by atoms with Gasteiger partial charge in [0.15, 0.2) is 0 Å². The lowest BCUT2D eigenvalue weighted by molar-refractivity contribution is 0.0662. The summed E-state index contributed by atoms with van der Waals surface area (Å²) in [5, 5.41) is 3.98. The van der Waals surface area contributed by atoms with Crippen LogP contribution in [0.15, 0.2) is 71.9 Å². The summed E-state index contributed by atoms with van der Waals surface area (Å²) < 4.78 is 31.1. The highest BCUT2D eigenvalue weighted by Crippen LogP contribution is 2.27. The molecule has 2 aromatic carbocycles. The summed E-state index contributed by atoms with van der Waals surface area (Å²) in [4.78, 5) is 20.1. The van der Waals surface area contributed by atoms with Crippen LogP contribution in [-0.4, -0.2) is 14.5 Å². The van der Waals surface area contributed by atoms with Gasteiger partial charge in [-0.2, -0.15) is 8.78 Å². The third kappa shape index (κ3) is 3.98. The number of rotatable bonds is 5. The molecule has 0 bridgehead atoms. The minimum absolute atomic E-state index is 0.171. The van der Waals surface area contributed by atoms with Gasteiger partial charge in [-0.05, 0) is 48.5 Å². The van der Waals surface area contributed by atoms with Gasteiger partial charge in [0, 0.05) is 29.0 Å². The predicted octanol–water partition coefficient (Wildman–Crippen LogP) is 4.30. The number of anilines is 3. The predicted molar refractivity (Wildman–Crippen MR) is 106 cm³/mol. The van der Waals surface area contributed by atoms with E-state index in [4.69, 9.17) is 10.5 Å². The Morgan fingerprint density at radius 1 is 1.00 bits per heavy atom. The van der Waals surface area contributed by atoms with E-state index in [1.807, 2.05) is 6.07 Å². The maximum atomic E-state index is 12.6. The average Bonchev–Trinajstić information content (AvgIpc) is 2.70. The summed E-state index contributed by atoms with van der Waals surface area (Å²) in [6.45, 7) is -2.89. The first-order valence-corrected chi connectivity index (χ1v) is 8.55. The highest BCUT2D eigenvalue weighted by atomic mass is 19.3. The van der Waals surface area contributed by atoms with Gasteiger partial charge < -0.3 is 15.8 Å². The van der Waals surface area contributed by atoms with Crippen molar-refractivity contribution in [3.63, 3.8) is 0 Å². The zero-order chi connectivity index (χ0) is 20.4. The van der Waals surface area contributed by atoms with Crippen LogP contribution in [0.25, 0.3) is 10.9 Å². The first-order valence-electron chi connectivity index (χ1n) is 8.55. The van der Waals surface area contributed by atoms with Crippen molar-refractivity contribution in [2.75, 3.05) is 11.1 Å². The van der Waals surface area contributed by atoms with Gasteiger partial charge >= 0.3 is 6.55 Å². The number of benzene rings is 2. The zero-order valence-corrected chi connectivity index (χ0v) is 14.9. The van der Waals surface area contributed by atoms with Gasteiger partial charge in [-0.15, -0.1) is 0 Å². The third-order valence-electron chi connectivity index (χ3n) is 4.14. The quantitative estimate of drug-likeness (QED) is 0.489. The van der Waals surface area contributed by atoms with E-state index in [0.29, 0.717) is 21.8 Å². The number of ether oxygens (including phenoxy) is 1. The number of nitrogens with one attached hydrogen (secondary N) is 1. The number of nitrogens with zero attached hydrogens (tertiary/aromatic N) is 3. The minimum atomic E-state index is -2.89. The first kappa shape index (κ1) is 18.4. The van der Waals surface area contributed by atoms with Gasteiger partial charge in [0.25, 0.3) is 5.56 Å². The van der Waals surface area contributed by atoms with Crippen molar-refractivity contribution in [2.45, 2.75) is 6.55 Å². The lowest BCUT2D eigenvalue weighted by Crippen LogP contribution is -2.18. The van der Waals surface area contributed by atoms with Crippen molar-refractivity contribution in [2.24, 2.45) is 0 Å². The number of nitrogens with two attached hydrogens (primary N) is 1. The normalized spacial score (nSPS) is 11.0. The van der Waals surface area contributed by atoms with Crippen molar-refractivity contribution < 1.29 is 13.5 Å². The van der Waals surface area contributed by atoms with Crippen molar-refractivity contribution >= 4 is 28.1 Å². The fourth-order valence-corrected chi connectivity index (χ4v) is 2.75. The number of hydrogen-bond acceptors (Lipinski definition) is 6. The molecule has 9 heteroatoms. The maximum Gasteiger partial charge on any atom is 0.321 e. The third-order valence-corrected chi connectivity index (χ3v) is 4.14. The van der Waals surface area contributed by atoms with Gasteiger partial charge in [-0.3, -0.25) is 9.36 Å². The second-order valence-electron chi connectivity index (χ2n) is 6.14. The van der Waals surface area contributed by atoms with Crippen LogP contribution in [0, 0.1) is 0 Å². The Morgan fingerprint density at radius 3 is 2.52 bits per heavy atom. The van der Waals surface area contributed by atoms with Crippen molar-refractivity contribution in [3.8, 4) is 11.5 Å². The van der Waals surface area contributed by atoms with Crippen LogP contribution < -0.4 is 21.3 Å². The number of halogens is 2. The molecule has 4 aromatic rings. The molecule has 4 rings (SSSR count).